The molecule has 0 bridgehead atoms. The number of nitrogens with zero attached hydrogens (tertiary/aromatic N) is 1. The Morgan fingerprint density at radius 3 is 2.24 bits per heavy atom. The van der Waals surface area contributed by atoms with Gasteiger partial charge >= 0.3 is 0 Å². The molecule has 0 aliphatic heterocycles. The Labute approximate surface area is 190 Å². The smallest absolute Gasteiger partial charge is 0.191 e. The molecule has 2 N–H and O–H groups in total. The highest BCUT2D eigenvalue weighted by molar-refractivity contribution is 14.0. The lowest BCUT2D eigenvalue weighted by Gasteiger charge is -2.17. The van der Waals surface area contributed by atoms with Crippen molar-refractivity contribution in [1.29, 1.82) is 0 Å². The summed E-state index contributed by atoms with van der Waals surface area (Å²) in [5.41, 5.74) is 0.958. The van der Waals surface area contributed by atoms with Crippen LogP contribution in [0.3, 0.4) is 0 Å². The molecule has 0 saturated carbocycles. The molecule has 0 aliphatic rings. The van der Waals surface area contributed by atoms with Gasteiger partial charge in [0.1, 0.15) is 28.8 Å². The van der Waals surface area contributed by atoms with E-state index in [9.17, 15) is 0 Å². The number of rotatable bonds is 9. The van der Waals surface area contributed by atoms with Gasteiger partial charge in [-0.25, -0.2) is 0 Å². The van der Waals surface area contributed by atoms with Crippen LogP contribution in [0.5, 0.6) is 17.2 Å². The van der Waals surface area contributed by atoms with Crippen molar-refractivity contribution in [3.63, 3.8) is 0 Å². The highest BCUT2D eigenvalue weighted by atomic mass is 127. The molecule has 0 amide bonds. The fraction of sp³-hybridized carbons (Fsp3) is 0.476. The van der Waals surface area contributed by atoms with Crippen LogP contribution in [0.15, 0.2) is 33.7 Å². The van der Waals surface area contributed by atoms with E-state index >= 15 is 0 Å². The maximum atomic E-state index is 5.69. The molecule has 0 saturated heterocycles. The summed E-state index contributed by atoms with van der Waals surface area (Å²) in [6.45, 7) is 7.35. The van der Waals surface area contributed by atoms with Crippen molar-refractivity contribution in [2.75, 3.05) is 34.4 Å². The molecular formula is C21H32IN3O4. The predicted octanol–water partition coefficient (Wildman–Crippen LogP) is 4.09. The summed E-state index contributed by atoms with van der Waals surface area (Å²) in [4.78, 5) is 4.68. The van der Waals surface area contributed by atoms with Gasteiger partial charge in [0.2, 0.25) is 0 Å². The lowest BCUT2D eigenvalue weighted by Crippen LogP contribution is -2.38. The van der Waals surface area contributed by atoms with Gasteiger partial charge in [-0.3, -0.25) is 4.99 Å². The Kier molecular flexibility index (Phi) is 10.7. The maximum Gasteiger partial charge on any atom is 0.191 e. The lowest BCUT2D eigenvalue weighted by atomic mass is 10.1. The Morgan fingerprint density at radius 1 is 1.10 bits per heavy atom. The number of aliphatic imine (C=N–C) groups is 1. The summed E-state index contributed by atoms with van der Waals surface area (Å²) in [5.74, 6) is 4.65. The quantitative estimate of drug-likeness (QED) is 0.297. The largest absolute Gasteiger partial charge is 0.496 e. The molecule has 8 heteroatoms. The Hall–Kier alpha value is -2.10. The summed E-state index contributed by atoms with van der Waals surface area (Å²) in [5, 5.41) is 6.64. The van der Waals surface area contributed by atoms with Gasteiger partial charge in [-0.15, -0.1) is 24.0 Å². The summed E-state index contributed by atoms with van der Waals surface area (Å²) in [6, 6.07) is 7.65. The van der Waals surface area contributed by atoms with Gasteiger partial charge in [0.05, 0.1) is 27.4 Å². The highest BCUT2D eigenvalue weighted by Gasteiger charge is 2.14. The van der Waals surface area contributed by atoms with Crippen LogP contribution in [0, 0.1) is 6.92 Å². The minimum absolute atomic E-state index is 0. The van der Waals surface area contributed by atoms with E-state index in [2.05, 4.69) is 15.6 Å². The number of guanidine groups is 1. The first-order valence-electron chi connectivity index (χ1n) is 9.42. The topological polar surface area (TPSA) is 77.3 Å². The molecule has 1 aromatic carbocycles. The van der Waals surface area contributed by atoms with Crippen LogP contribution in [0.1, 0.15) is 37.0 Å². The van der Waals surface area contributed by atoms with Crippen molar-refractivity contribution in [2.45, 2.75) is 33.2 Å². The van der Waals surface area contributed by atoms with Crippen molar-refractivity contribution in [2.24, 2.45) is 4.99 Å². The third-order valence-corrected chi connectivity index (χ3v) is 4.33. The van der Waals surface area contributed by atoms with Gasteiger partial charge in [0.25, 0.3) is 0 Å². The summed E-state index contributed by atoms with van der Waals surface area (Å²) < 4.78 is 22.0. The zero-order valence-electron chi connectivity index (χ0n) is 18.0. The number of ether oxygens (including phenoxy) is 3. The number of methoxy groups -OCH3 is 3. The third-order valence-electron chi connectivity index (χ3n) is 4.33. The van der Waals surface area contributed by atoms with Crippen molar-refractivity contribution in [3.05, 3.63) is 41.3 Å². The van der Waals surface area contributed by atoms with Crippen molar-refractivity contribution in [1.82, 2.24) is 10.6 Å². The first-order valence-corrected chi connectivity index (χ1v) is 9.42. The number of aryl methyl sites for hydroxylation is 1. The van der Waals surface area contributed by atoms with E-state index in [4.69, 9.17) is 18.6 Å². The van der Waals surface area contributed by atoms with Crippen LogP contribution in [-0.2, 0) is 6.42 Å². The monoisotopic (exact) mass is 517 g/mol. The van der Waals surface area contributed by atoms with Gasteiger partial charge in [-0.05, 0) is 39.3 Å². The minimum atomic E-state index is 0. The fourth-order valence-corrected chi connectivity index (χ4v) is 2.89. The van der Waals surface area contributed by atoms with Crippen LogP contribution < -0.4 is 24.8 Å². The predicted molar refractivity (Wildman–Crippen MR) is 126 cm³/mol. The van der Waals surface area contributed by atoms with Crippen molar-refractivity contribution < 1.29 is 18.6 Å². The zero-order chi connectivity index (χ0) is 20.5. The van der Waals surface area contributed by atoms with E-state index < -0.39 is 0 Å². The fourth-order valence-electron chi connectivity index (χ4n) is 2.89. The molecule has 0 aliphatic carbocycles. The molecule has 1 unspecified atom stereocenters. The van der Waals surface area contributed by atoms with Crippen LogP contribution in [-0.4, -0.2) is 40.4 Å². The molecule has 2 aromatic rings. The average Bonchev–Trinajstić information content (AvgIpc) is 3.14. The van der Waals surface area contributed by atoms with Gasteiger partial charge in [-0.2, -0.15) is 0 Å². The van der Waals surface area contributed by atoms with Gasteiger partial charge < -0.3 is 29.3 Å². The zero-order valence-corrected chi connectivity index (χ0v) is 20.3. The van der Waals surface area contributed by atoms with Gasteiger partial charge in [0.15, 0.2) is 5.96 Å². The Balaban J connectivity index is 0.00000420. The second-order valence-corrected chi connectivity index (χ2v) is 6.34. The van der Waals surface area contributed by atoms with E-state index in [-0.39, 0.29) is 30.0 Å². The van der Waals surface area contributed by atoms with Crippen molar-refractivity contribution in [3.8, 4) is 17.2 Å². The molecule has 0 fully saturated rings. The molecule has 0 spiro atoms. The number of hydrogen-bond acceptors (Lipinski definition) is 5. The summed E-state index contributed by atoms with van der Waals surface area (Å²) in [7, 11) is 4.90. The van der Waals surface area contributed by atoms with E-state index in [0.717, 1.165) is 41.1 Å². The maximum absolute atomic E-state index is 5.69. The van der Waals surface area contributed by atoms with Crippen LogP contribution in [0.2, 0.25) is 0 Å². The molecule has 1 heterocycles. The Bertz CT molecular complexity index is 767. The lowest BCUT2D eigenvalue weighted by molar-refractivity contribution is 0.369. The molecule has 29 heavy (non-hydrogen) atoms. The van der Waals surface area contributed by atoms with Crippen LogP contribution >= 0.6 is 24.0 Å². The molecular weight excluding hydrogens is 485 g/mol. The van der Waals surface area contributed by atoms with E-state index in [1.807, 2.05) is 45.0 Å². The second-order valence-electron chi connectivity index (χ2n) is 6.34. The number of hydrogen-bond donors (Lipinski definition) is 2. The van der Waals surface area contributed by atoms with E-state index in [1.54, 1.807) is 21.3 Å². The Morgan fingerprint density at radius 2 is 1.76 bits per heavy atom. The molecule has 1 aromatic heterocycles. The van der Waals surface area contributed by atoms with Gasteiger partial charge in [0, 0.05) is 30.8 Å². The number of nitrogens with one attached hydrogen (secondary N) is 2. The van der Waals surface area contributed by atoms with E-state index in [0.29, 0.717) is 18.7 Å². The molecule has 0 radical (unpaired) electrons. The molecule has 7 nitrogen and oxygen atoms in total. The van der Waals surface area contributed by atoms with E-state index in [1.165, 1.54) is 0 Å². The summed E-state index contributed by atoms with van der Waals surface area (Å²) >= 11 is 0. The third kappa shape index (κ3) is 7.02. The molecule has 162 valence electrons. The van der Waals surface area contributed by atoms with Crippen LogP contribution in [0.25, 0.3) is 0 Å². The number of halogens is 1. The first-order chi connectivity index (χ1) is 13.5. The molecule has 1 atom stereocenters. The minimum Gasteiger partial charge on any atom is -0.496 e. The SMILES string of the molecule is CCNC(=NCCc1c(OC)cc(OC)cc1OC)NC(C)c1ccc(C)o1.I. The number of benzene rings is 1. The standard InChI is InChI=1S/C21H31N3O4.HI/c1-7-22-21(24-15(3)18-9-8-14(2)28-18)23-11-10-17-19(26-5)12-16(25-4)13-20(17)27-6;/h8-9,12-13,15H,7,10-11H2,1-6H3,(H2,22,23,24);1H. The first kappa shape index (κ1) is 24.9. The number of furan rings is 1. The highest BCUT2D eigenvalue weighted by Crippen LogP contribution is 2.34. The normalized spacial score (nSPS) is 12.0. The summed E-state index contributed by atoms with van der Waals surface area (Å²) in [6.07, 6.45) is 0.668. The van der Waals surface area contributed by atoms with Gasteiger partial charge in [-0.1, -0.05) is 0 Å². The van der Waals surface area contributed by atoms with Crippen molar-refractivity contribution >= 4 is 29.9 Å². The van der Waals surface area contributed by atoms with Crippen LogP contribution in [0.4, 0.5) is 0 Å². The molecule has 2 rings (SSSR count). The average molecular weight is 517 g/mol. The second kappa shape index (κ2) is 12.5.